The number of hydrogen-bond acceptors (Lipinski definition) is 3. The number of aromatic amines is 1. The molecule has 4 rings (SSSR count). The Balaban J connectivity index is 1.52. The number of amides is 2. The summed E-state index contributed by atoms with van der Waals surface area (Å²) in [4.78, 5) is 12.6. The molecule has 2 aromatic carbocycles. The van der Waals surface area contributed by atoms with Crippen molar-refractivity contribution in [1.82, 2.24) is 15.5 Å². The maximum absolute atomic E-state index is 12.6. The highest BCUT2D eigenvalue weighted by atomic mass is 16.5. The Morgan fingerprint density at radius 2 is 2.11 bits per heavy atom. The molecule has 0 radical (unpaired) electrons. The summed E-state index contributed by atoms with van der Waals surface area (Å²) in [6, 6.07) is 11.6. The first-order chi connectivity index (χ1) is 12.9. The topological polar surface area (TPSA) is 79.0 Å². The second-order valence-corrected chi connectivity index (χ2v) is 7.93. The van der Waals surface area contributed by atoms with Crippen molar-refractivity contribution < 1.29 is 9.53 Å². The lowest BCUT2D eigenvalue weighted by Gasteiger charge is -2.29. The minimum atomic E-state index is -0.235. The molecular weight excluding hydrogens is 340 g/mol. The van der Waals surface area contributed by atoms with Gasteiger partial charge in [-0.05, 0) is 29.2 Å². The lowest BCUT2D eigenvalue weighted by atomic mass is 9.85. The maximum Gasteiger partial charge on any atom is 0.319 e. The predicted octanol–water partition coefficient (Wildman–Crippen LogP) is 4.51. The monoisotopic (exact) mass is 364 g/mol. The van der Waals surface area contributed by atoms with Crippen LogP contribution >= 0.6 is 0 Å². The zero-order valence-electron chi connectivity index (χ0n) is 15.8. The molecule has 0 fully saturated rings. The minimum absolute atomic E-state index is 0.0550. The summed E-state index contributed by atoms with van der Waals surface area (Å²) in [6.45, 7) is 7.12. The number of fused-ring (bicyclic) bond motifs is 2. The van der Waals surface area contributed by atoms with E-state index < -0.39 is 0 Å². The number of H-pyrrole nitrogens is 1. The standard InChI is InChI=1S/C21H24N4O2/c1-21(2,3)13-7-8-14-17(9-10-27-19(14)11-13)24-20(26)23-16-5-4-6-18-15(16)12-22-25-18/h4-8,11-12,17H,9-10H2,1-3H3,(H,22,25)(H2,23,24,26)/t17-/m1/s1. The van der Waals surface area contributed by atoms with Crippen molar-refractivity contribution in [1.29, 1.82) is 0 Å². The number of carbonyl (C=O) groups is 1. The molecule has 6 nitrogen and oxygen atoms in total. The normalized spacial score (nSPS) is 16.5. The Hall–Kier alpha value is -3.02. The summed E-state index contributed by atoms with van der Waals surface area (Å²) in [6.07, 6.45) is 2.45. The van der Waals surface area contributed by atoms with Gasteiger partial charge in [-0.25, -0.2) is 4.79 Å². The van der Waals surface area contributed by atoms with Crippen LogP contribution in [0.3, 0.4) is 0 Å². The molecule has 2 amide bonds. The Bertz CT molecular complexity index is 987. The van der Waals surface area contributed by atoms with Crippen LogP contribution in [0, 0.1) is 0 Å². The van der Waals surface area contributed by atoms with E-state index in [0.29, 0.717) is 6.61 Å². The number of rotatable bonds is 2. The molecule has 1 aliphatic rings. The molecular formula is C21H24N4O2. The largest absolute Gasteiger partial charge is 0.493 e. The number of nitrogens with zero attached hydrogens (tertiary/aromatic N) is 1. The number of urea groups is 1. The molecule has 2 heterocycles. The number of anilines is 1. The van der Waals surface area contributed by atoms with Gasteiger partial charge in [0, 0.05) is 17.4 Å². The van der Waals surface area contributed by atoms with E-state index in [4.69, 9.17) is 4.74 Å². The predicted molar refractivity (Wildman–Crippen MR) is 106 cm³/mol. The molecule has 6 heteroatoms. The van der Waals surface area contributed by atoms with Crippen molar-refractivity contribution in [2.45, 2.75) is 38.6 Å². The van der Waals surface area contributed by atoms with Gasteiger partial charge >= 0.3 is 6.03 Å². The molecule has 3 aromatic rings. The van der Waals surface area contributed by atoms with Crippen molar-refractivity contribution in [3.8, 4) is 5.75 Å². The van der Waals surface area contributed by atoms with Crippen LogP contribution in [-0.2, 0) is 5.41 Å². The first kappa shape index (κ1) is 17.4. The molecule has 27 heavy (non-hydrogen) atoms. The number of ether oxygens (including phenoxy) is 1. The molecule has 0 bridgehead atoms. The van der Waals surface area contributed by atoms with Gasteiger partial charge in [-0.3, -0.25) is 5.10 Å². The Morgan fingerprint density at radius 3 is 2.93 bits per heavy atom. The van der Waals surface area contributed by atoms with E-state index >= 15 is 0 Å². The van der Waals surface area contributed by atoms with E-state index in [1.54, 1.807) is 6.20 Å². The quantitative estimate of drug-likeness (QED) is 0.626. The summed E-state index contributed by atoms with van der Waals surface area (Å²) < 4.78 is 5.85. The average molecular weight is 364 g/mol. The molecule has 0 saturated carbocycles. The van der Waals surface area contributed by atoms with Crippen LogP contribution in [0.2, 0.25) is 0 Å². The zero-order valence-corrected chi connectivity index (χ0v) is 15.8. The fraction of sp³-hybridized carbons (Fsp3) is 0.333. The van der Waals surface area contributed by atoms with Crippen molar-refractivity contribution in [2.24, 2.45) is 0 Å². The van der Waals surface area contributed by atoms with Gasteiger partial charge in [0.2, 0.25) is 0 Å². The third-order valence-corrected chi connectivity index (χ3v) is 4.96. The highest BCUT2D eigenvalue weighted by Gasteiger charge is 2.25. The van der Waals surface area contributed by atoms with Crippen molar-refractivity contribution in [3.05, 3.63) is 53.7 Å². The van der Waals surface area contributed by atoms with E-state index in [0.717, 1.165) is 34.3 Å². The van der Waals surface area contributed by atoms with Gasteiger partial charge in [0.05, 0.1) is 30.0 Å². The van der Waals surface area contributed by atoms with Crippen LogP contribution in [0.1, 0.15) is 44.4 Å². The summed E-state index contributed by atoms with van der Waals surface area (Å²) >= 11 is 0. The summed E-state index contributed by atoms with van der Waals surface area (Å²) in [5.41, 5.74) is 3.91. The van der Waals surface area contributed by atoms with E-state index in [-0.39, 0.29) is 17.5 Å². The summed E-state index contributed by atoms with van der Waals surface area (Å²) in [5.74, 6) is 0.857. The van der Waals surface area contributed by atoms with Crippen LogP contribution in [0.4, 0.5) is 10.5 Å². The molecule has 0 aliphatic carbocycles. The van der Waals surface area contributed by atoms with Crippen molar-refractivity contribution >= 4 is 22.6 Å². The number of benzene rings is 2. The zero-order chi connectivity index (χ0) is 19.0. The highest BCUT2D eigenvalue weighted by Crippen LogP contribution is 2.36. The first-order valence-electron chi connectivity index (χ1n) is 9.19. The van der Waals surface area contributed by atoms with Gasteiger partial charge in [0.25, 0.3) is 0 Å². The van der Waals surface area contributed by atoms with Crippen LogP contribution < -0.4 is 15.4 Å². The van der Waals surface area contributed by atoms with Crippen molar-refractivity contribution in [2.75, 3.05) is 11.9 Å². The third-order valence-electron chi connectivity index (χ3n) is 4.96. The molecule has 1 atom stereocenters. The first-order valence-corrected chi connectivity index (χ1v) is 9.19. The second kappa shape index (κ2) is 6.61. The van der Waals surface area contributed by atoms with E-state index in [1.807, 2.05) is 18.2 Å². The summed E-state index contributed by atoms with van der Waals surface area (Å²) in [5, 5.41) is 13.8. The molecule has 0 spiro atoms. The Kier molecular flexibility index (Phi) is 4.26. The van der Waals surface area contributed by atoms with E-state index in [2.05, 4.69) is 59.8 Å². The fourth-order valence-corrected chi connectivity index (χ4v) is 3.40. The molecule has 3 N–H and O–H groups in total. The lowest BCUT2D eigenvalue weighted by Crippen LogP contribution is -2.35. The highest BCUT2D eigenvalue weighted by molar-refractivity contribution is 6.00. The van der Waals surface area contributed by atoms with Gasteiger partial charge in [-0.1, -0.05) is 39.0 Å². The average Bonchev–Trinajstić information content (AvgIpc) is 3.10. The van der Waals surface area contributed by atoms with Crippen molar-refractivity contribution in [3.63, 3.8) is 0 Å². The van der Waals surface area contributed by atoms with Gasteiger partial charge in [-0.2, -0.15) is 5.10 Å². The molecule has 1 aromatic heterocycles. The third kappa shape index (κ3) is 3.47. The van der Waals surface area contributed by atoms with Crippen LogP contribution in [0.5, 0.6) is 5.75 Å². The molecule has 0 unspecified atom stereocenters. The fourth-order valence-electron chi connectivity index (χ4n) is 3.40. The van der Waals surface area contributed by atoms with E-state index in [9.17, 15) is 4.79 Å². The minimum Gasteiger partial charge on any atom is -0.493 e. The van der Waals surface area contributed by atoms with Gasteiger partial charge in [-0.15, -0.1) is 0 Å². The Labute approximate surface area is 158 Å². The van der Waals surface area contributed by atoms with Crippen LogP contribution in [-0.4, -0.2) is 22.8 Å². The molecule has 140 valence electrons. The second-order valence-electron chi connectivity index (χ2n) is 7.93. The van der Waals surface area contributed by atoms with Gasteiger partial charge in [0.15, 0.2) is 0 Å². The SMILES string of the molecule is CC(C)(C)c1ccc2c(c1)OCC[C@H]2NC(=O)Nc1cccc2[nH]ncc12. The summed E-state index contributed by atoms with van der Waals surface area (Å²) in [7, 11) is 0. The Morgan fingerprint density at radius 1 is 1.26 bits per heavy atom. The lowest BCUT2D eigenvalue weighted by molar-refractivity contribution is 0.232. The van der Waals surface area contributed by atoms with Gasteiger partial charge in [0.1, 0.15) is 5.75 Å². The number of carbonyl (C=O) groups excluding carboxylic acids is 1. The molecule has 1 aliphatic heterocycles. The van der Waals surface area contributed by atoms with Gasteiger partial charge < -0.3 is 15.4 Å². The maximum atomic E-state index is 12.6. The molecule has 0 saturated heterocycles. The number of hydrogen-bond donors (Lipinski definition) is 3. The van der Waals surface area contributed by atoms with Crippen LogP contribution in [0.25, 0.3) is 10.9 Å². The smallest absolute Gasteiger partial charge is 0.319 e. The van der Waals surface area contributed by atoms with Crippen LogP contribution in [0.15, 0.2) is 42.6 Å². The number of aromatic nitrogens is 2. The van der Waals surface area contributed by atoms with E-state index in [1.165, 1.54) is 5.56 Å². The number of nitrogens with one attached hydrogen (secondary N) is 3.